The van der Waals surface area contributed by atoms with Gasteiger partial charge >= 0.3 is 0 Å². The van der Waals surface area contributed by atoms with Gasteiger partial charge in [0.2, 0.25) is 5.88 Å². The summed E-state index contributed by atoms with van der Waals surface area (Å²) in [5.41, 5.74) is 1.61. The summed E-state index contributed by atoms with van der Waals surface area (Å²) in [5, 5.41) is 13.7. The van der Waals surface area contributed by atoms with Gasteiger partial charge in [0.05, 0.1) is 25.5 Å². The number of aliphatic hydroxyl groups is 1. The van der Waals surface area contributed by atoms with Gasteiger partial charge in [0.25, 0.3) is 5.91 Å². The molecule has 0 spiro atoms. The predicted molar refractivity (Wildman–Crippen MR) is 96.6 cm³/mol. The van der Waals surface area contributed by atoms with E-state index < -0.39 is 18.1 Å². The summed E-state index contributed by atoms with van der Waals surface area (Å²) in [4.78, 5) is 20.7. The van der Waals surface area contributed by atoms with E-state index in [-0.39, 0.29) is 11.6 Å². The first-order valence-corrected chi connectivity index (χ1v) is 8.14. The molecule has 0 aliphatic carbocycles. The Bertz CT molecular complexity index is 856. The molecule has 1 aromatic heterocycles. The summed E-state index contributed by atoms with van der Waals surface area (Å²) in [6, 6.07) is 17.9. The van der Waals surface area contributed by atoms with E-state index >= 15 is 0 Å². The normalized spacial score (nSPS) is 12.8. The lowest BCUT2D eigenvalue weighted by Crippen LogP contribution is -2.33. The smallest absolute Gasteiger partial charge is 0.272 e. The van der Waals surface area contributed by atoms with E-state index in [1.807, 2.05) is 60.7 Å². The molecule has 3 aromatic rings. The molecule has 0 bridgehead atoms. The Labute approximate surface area is 151 Å². The molecule has 3 rings (SSSR count). The van der Waals surface area contributed by atoms with Crippen LogP contribution in [0.25, 0.3) is 0 Å². The monoisotopic (exact) mass is 349 g/mol. The third kappa shape index (κ3) is 4.04. The molecule has 2 aromatic carbocycles. The third-order valence-corrected chi connectivity index (χ3v) is 3.96. The van der Waals surface area contributed by atoms with E-state index in [0.717, 1.165) is 5.56 Å². The van der Waals surface area contributed by atoms with Gasteiger partial charge in [0, 0.05) is 0 Å². The Morgan fingerprint density at radius 1 is 1.00 bits per heavy atom. The number of hydrogen-bond acceptors (Lipinski definition) is 5. The maximum Gasteiger partial charge on any atom is 0.272 e. The highest BCUT2D eigenvalue weighted by atomic mass is 16.5. The fourth-order valence-electron chi connectivity index (χ4n) is 2.62. The maximum atomic E-state index is 12.7. The summed E-state index contributed by atoms with van der Waals surface area (Å²) >= 11 is 0. The Morgan fingerprint density at radius 2 is 1.62 bits per heavy atom. The van der Waals surface area contributed by atoms with Crippen LogP contribution in [0.1, 0.15) is 33.8 Å². The molecule has 2 atom stereocenters. The van der Waals surface area contributed by atoms with Gasteiger partial charge in [-0.1, -0.05) is 60.7 Å². The van der Waals surface area contributed by atoms with E-state index in [1.165, 1.54) is 19.5 Å². The molecule has 0 unspecified atom stereocenters. The molecule has 0 aliphatic heterocycles. The van der Waals surface area contributed by atoms with Crippen molar-refractivity contribution in [2.45, 2.75) is 12.1 Å². The van der Waals surface area contributed by atoms with Crippen LogP contribution in [0.3, 0.4) is 0 Å². The van der Waals surface area contributed by atoms with Crippen LogP contribution >= 0.6 is 0 Å². The van der Waals surface area contributed by atoms with Crippen molar-refractivity contribution in [3.8, 4) is 5.88 Å². The van der Waals surface area contributed by atoms with Crippen molar-refractivity contribution in [2.75, 3.05) is 7.11 Å². The number of nitrogens with one attached hydrogen (secondary N) is 1. The number of carbonyl (C=O) groups excluding carboxylic acids is 1. The minimum absolute atomic E-state index is 0.116. The Morgan fingerprint density at radius 3 is 2.23 bits per heavy atom. The van der Waals surface area contributed by atoms with Gasteiger partial charge in [-0.25, -0.2) is 4.98 Å². The largest absolute Gasteiger partial charge is 0.480 e. The van der Waals surface area contributed by atoms with Gasteiger partial charge in [-0.3, -0.25) is 9.78 Å². The van der Waals surface area contributed by atoms with Crippen LogP contribution in [0.2, 0.25) is 0 Å². The number of benzene rings is 2. The molecule has 0 radical (unpaired) electrons. The third-order valence-electron chi connectivity index (χ3n) is 3.96. The highest BCUT2D eigenvalue weighted by Crippen LogP contribution is 2.29. The summed E-state index contributed by atoms with van der Waals surface area (Å²) in [5.74, 6) is -0.197. The highest BCUT2D eigenvalue weighted by Gasteiger charge is 2.25. The van der Waals surface area contributed by atoms with Gasteiger partial charge in [-0.15, -0.1) is 0 Å². The Hall–Kier alpha value is -3.25. The van der Waals surface area contributed by atoms with Crippen molar-refractivity contribution in [2.24, 2.45) is 0 Å². The first-order valence-electron chi connectivity index (χ1n) is 8.14. The molecule has 2 N–H and O–H groups in total. The fourth-order valence-corrected chi connectivity index (χ4v) is 2.62. The standard InChI is InChI=1S/C20H19N3O3/c1-26-17-13-21-12-16(22-17)20(25)23-18(14-8-4-2-5-9-14)19(24)15-10-6-3-7-11-15/h2-13,18-19,24H,1H3,(H,23,25)/t18-,19+/m1/s1. The number of aromatic nitrogens is 2. The lowest BCUT2D eigenvalue weighted by Gasteiger charge is -2.25. The number of ether oxygens (including phenoxy) is 1. The summed E-state index contributed by atoms with van der Waals surface area (Å²) in [6.07, 6.45) is 1.86. The Kier molecular flexibility index (Phi) is 5.56. The van der Waals surface area contributed by atoms with E-state index in [2.05, 4.69) is 15.3 Å². The van der Waals surface area contributed by atoms with Gasteiger partial charge in [0.1, 0.15) is 11.8 Å². The second kappa shape index (κ2) is 8.22. The molecule has 1 heterocycles. The SMILES string of the molecule is COc1cncc(C(=O)N[C@H](c2ccccc2)[C@@H](O)c2ccccc2)n1. The van der Waals surface area contributed by atoms with Crippen LogP contribution in [-0.2, 0) is 0 Å². The summed E-state index contributed by atoms with van der Waals surface area (Å²) < 4.78 is 5.01. The average Bonchev–Trinajstić information content (AvgIpc) is 2.72. The van der Waals surface area contributed by atoms with E-state index in [0.29, 0.717) is 5.56 Å². The zero-order valence-corrected chi connectivity index (χ0v) is 14.2. The van der Waals surface area contributed by atoms with Gasteiger partial charge in [0.15, 0.2) is 0 Å². The lowest BCUT2D eigenvalue weighted by atomic mass is 9.95. The highest BCUT2D eigenvalue weighted by molar-refractivity contribution is 5.92. The number of rotatable bonds is 6. The number of methoxy groups -OCH3 is 1. The van der Waals surface area contributed by atoms with Crippen LogP contribution in [0.4, 0.5) is 0 Å². The van der Waals surface area contributed by atoms with Crippen LogP contribution in [-0.4, -0.2) is 28.1 Å². The topological polar surface area (TPSA) is 84.3 Å². The molecular weight excluding hydrogens is 330 g/mol. The van der Waals surface area contributed by atoms with Crippen LogP contribution in [0, 0.1) is 0 Å². The van der Waals surface area contributed by atoms with Crippen molar-refractivity contribution in [1.82, 2.24) is 15.3 Å². The average molecular weight is 349 g/mol. The predicted octanol–water partition coefficient (Wildman–Crippen LogP) is 2.69. The number of nitrogens with zero attached hydrogens (tertiary/aromatic N) is 2. The van der Waals surface area contributed by atoms with Crippen molar-refractivity contribution >= 4 is 5.91 Å². The molecule has 1 amide bonds. The molecular formula is C20H19N3O3. The van der Waals surface area contributed by atoms with Crippen molar-refractivity contribution in [1.29, 1.82) is 0 Å². The van der Waals surface area contributed by atoms with Crippen LogP contribution in [0.5, 0.6) is 5.88 Å². The van der Waals surface area contributed by atoms with Crippen molar-refractivity contribution in [3.05, 3.63) is 89.9 Å². The minimum atomic E-state index is -0.916. The van der Waals surface area contributed by atoms with E-state index in [9.17, 15) is 9.90 Å². The number of amides is 1. The molecule has 0 aliphatic rings. The van der Waals surface area contributed by atoms with Crippen LogP contribution in [0.15, 0.2) is 73.1 Å². The maximum absolute atomic E-state index is 12.7. The first kappa shape index (κ1) is 17.6. The van der Waals surface area contributed by atoms with E-state index in [1.54, 1.807) is 0 Å². The molecule has 0 saturated heterocycles. The van der Waals surface area contributed by atoms with Crippen LogP contribution < -0.4 is 10.1 Å². The first-order chi connectivity index (χ1) is 12.7. The number of carbonyl (C=O) groups is 1. The minimum Gasteiger partial charge on any atom is -0.480 e. The molecule has 26 heavy (non-hydrogen) atoms. The quantitative estimate of drug-likeness (QED) is 0.715. The lowest BCUT2D eigenvalue weighted by molar-refractivity contribution is 0.0825. The summed E-state index contributed by atoms with van der Waals surface area (Å²) in [6.45, 7) is 0. The Balaban J connectivity index is 1.89. The van der Waals surface area contributed by atoms with Gasteiger partial charge < -0.3 is 15.2 Å². The fraction of sp³-hybridized carbons (Fsp3) is 0.150. The van der Waals surface area contributed by atoms with Crippen molar-refractivity contribution in [3.63, 3.8) is 0 Å². The molecule has 6 nitrogen and oxygen atoms in total. The second-order valence-electron chi connectivity index (χ2n) is 5.66. The zero-order chi connectivity index (χ0) is 18.4. The second-order valence-corrected chi connectivity index (χ2v) is 5.66. The van der Waals surface area contributed by atoms with E-state index in [4.69, 9.17) is 4.74 Å². The van der Waals surface area contributed by atoms with Crippen molar-refractivity contribution < 1.29 is 14.6 Å². The van der Waals surface area contributed by atoms with Gasteiger partial charge in [-0.2, -0.15) is 0 Å². The zero-order valence-electron chi connectivity index (χ0n) is 14.2. The van der Waals surface area contributed by atoms with Gasteiger partial charge in [-0.05, 0) is 11.1 Å². The molecule has 0 saturated carbocycles. The molecule has 0 fully saturated rings. The number of aliphatic hydroxyl groups excluding tert-OH is 1. The summed E-state index contributed by atoms with van der Waals surface area (Å²) in [7, 11) is 1.46. The molecule has 132 valence electrons. The number of hydrogen-bond donors (Lipinski definition) is 2. The molecule has 6 heteroatoms.